The van der Waals surface area contributed by atoms with Gasteiger partial charge in [0.2, 0.25) is 5.91 Å². The molecule has 0 saturated carbocycles. The minimum absolute atomic E-state index is 0.0863. The lowest BCUT2D eigenvalue weighted by atomic mass is 10.1. The predicted molar refractivity (Wildman–Crippen MR) is 138 cm³/mol. The average Bonchev–Trinajstić information content (AvgIpc) is 3.30. The third kappa shape index (κ3) is 6.31. The topological polar surface area (TPSA) is 109 Å². The van der Waals surface area contributed by atoms with Crippen LogP contribution in [-0.2, 0) is 16.1 Å². The molecule has 0 aliphatic rings. The Hall–Kier alpha value is -4.35. The van der Waals surface area contributed by atoms with E-state index < -0.39 is 29.3 Å². The normalized spacial score (nSPS) is 10.6. The molecule has 1 aromatic heterocycles. The summed E-state index contributed by atoms with van der Waals surface area (Å²) in [6.07, 6.45) is 0. The van der Waals surface area contributed by atoms with E-state index in [4.69, 9.17) is 16.3 Å². The molecule has 0 saturated heterocycles. The summed E-state index contributed by atoms with van der Waals surface area (Å²) in [4.78, 5) is 42.7. The number of phenols is 1. The summed E-state index contributed by atoms with van der Waals surface area (Å²) in [6.45, 7) is 1.15. The molecule has 38 heavy (non-hydrogen) atoms. The number of hydrogen-bond donors (Lipinski definition) is 2. The van der Waals surface area contributed by atoms with Crippen LogP contribution in [0.2, 0.25) is 5.02 Å². The Labute approximate surface area is 224 Å². The third-order valence-electron chi connectivity index (χ3n) is 5.06. The number of amides is 2. The number of benzene rings is 3. The van der Waals surface area contributed by atoms with Gasteiger partial charge in [-0.15, -0.1) is 11.3 Å². The summed E-state index contributed by atoms with van der Waals surface area (Å²) in [5.41, 5.74) is 0.550. The zero-order valence-corrected chi connectivity index (χ0v) is 21.1. The Bertz CT molecular complexity index is 1520. The first kappa shape index (κ1) is 26.7. The van der Waals surface area contributed by atoms with Crippen LogP contribution in [0.4, 0.5) is 25.3 Å². The molecule has 0 atom stereocenters. The molecule has 2 N–H and O–H groups in total. The first-order valence-electron chi connectivity index (χ1n) is 10.9. The number of rotatable bonds is 7. The van der Waals surface area contributed by atoms with Gasteiger partial charge in [-0.2, -0.15) is 0 Å². The summed E-state index contributed by atoms with van der Waals surface area (Å²) >= 11 is 7.20. The summed E-state index contributed by atoms with van der Waals surface area (Å²) in [5, 5.41) is 15.1. The molecule has 2 amide bonds. The molecule has 4 aromatic rings. The van der Waals surface area contributed by atoms with Gasteiger partial charge < -0.3 is 15.2 Å². The van der Waals surface area contributed by atoms with Gasteiger partial charge in [0.1, 0.15) is 29.6 Å². The number of anilines is 3. The number of esters is 1. The van der Waals surface area contributed by atoms with Crippen molar-refractivity contribution in [2.75, 3.05) is 10.2 Å². The van der Waals surface area contributed by atoms with Crippen molar-refractivity contribution in [2.24, 2.45) is 0 Å². The summed E-state index contributed by atoms with van der Waals surface area (Å²) in [5.74, 6) is -4.27. The number of carbonyl (C=O) groups excluding carboxylic acids is 3. The standard InChI is InChI=1S/C26H18ClF2N3O5S/c1-14(33)32(21-4-2-3-16(27)9-21)26-31-20(13-38-26)12-37-25(36)22-6-5-19(11-23(22)34)30-24(35)15-7-17(28)10-18(29)8-15/h2-11,13,34H,12H2,1H3,(H,30,35). The van der Waals surface area contributed by atoms with Crippen molar-refractivity contribution in [1.82, 2.24) is 4.98 Å². The van der Waals surface area contributed by atoms with Crippen LogP contribution in [0.1, 0.15) is 33.3 Å². The van der Waals surface area contributed by atoms with Gasteiger partial charge in [-0.25, -0.2) is 18.6 Å². The Balaban J connectivity index is 1.41. The third-order valence-corrected chi connectivity index (χ3v) is 6.17. The number of phenolic OH excluding ortho intramolecular Hbond substituents is 1. The quantitative estimate of drug-likeness (QED) is 0.267. The highest BCUT2D eigenvalue weighted by atomic mass is 35.5. The number of aromatic nitrogens is 1. The zero-order valence-electron chi connectivity index (χ0n) is 19.6. The van der Waals surface area contributed by atoms with Crippen LogP contribution in [-0.4, -0.2) is 27.9 Å². The van der Waals surface area contributed by atoms with Crippen LogP contribution in [0.15, 0.2) is 66.0 Å². The van der Waals surface area contributed by atoms with Crippen LogP contribution >= 0.6 is 22.9 Å². The van der Waals surface area contributed by atoms with Crippen molar-refractivity contribution in [3.63, 3.8) is 0 Å². The van der Waals surface area contributed by atoms with Crippen molar-refractivity contribution in [3.05, 3.63) is 99.5 Å². The minimum Gasteiger partial charge on any atom is -0.507 e. The van der Waals surface area contributed by atoms with Crippen LogP contribution < -0.4 is 10.2 Å². The molecule has 1 heterocycles. The highest BCUT2D eigenvalue weighted by Gasteiger charge is 2.20. The van der Waals surface area contributed by atoms with E-state index in [2.05, 4.69) is 10.3 Å². The van der Waals surface area contributed by atoms with Gasteiger partial charge in [0.15, 0.2) is 5.13 Å². The monoisotopic (exact) mass is 557 g/mol. The lowest BCUT2D eigenvalue weighted by Gasteiger charge is -2.18. The number of carbonyl (C=O) groups is 3. The Kier molecular flexibility index (Phi) is 7.99. The van der Waals surface area contributed by atoms with E-state index >= 15 is 0 Å². The maximum Gasteiger partial charge on any atom is 0.342 e. The zero-order chi connectivity index (χ0) is 27.4. The van der Waals surface area contributed by atoms with Gasteiger partial charge >= 0.3 is 5.97 Å². The maximum atomic E-state index is 13.4. The first-order valence-corrected chi connectivity index (χ1v) is 12.1. The number of thiazole rings is 1. The largest absolute Gasteiger partial charge is 0.507 e. The highest BCUT2D eigenvalue weighted by molar-refractivity contribution is 7.14. The number of halogens is 3. The maximum absolute atomic E-state index is 13.4. The summed E-state index contributed by atoms with van der Waals surface area (Å²) in [6, 6.07) is 12.7. The van der Waals surface area contributed by atoms with Crippen molar-refractivity contribution in [3.8, 4) is 5.75 Å². The van der Waals surface area contributed by atoms with E-state index in [-0.39, 0.29) is 29.3 Å². The number of aromatic hydroxyl groups is 1. The molecule has 0 radical (unpaired) electrons. The summed E-state index contributed by atoms with van der Waals surface area (Å²) in [7, 11) is 0. The number of nitrogens with one attached hydrogen (secondary N) is 1. The average molecular weight is 558 g/mol. The van der Waals surface area contributed by atoms with Gasteiger partial charge in [0.05, 0.1) is 11.4 Å². The van der Waals surface area contributed by atoms with Crippen molar-refractivity contribution >= 4 is 57.2 Å². The lowest BCUT2D eigenvalue weighted by Crippen LogP contribution is -2.22. The molecule has 0 bridgehead atoms. The SMILES string of the molecule is CC(=O)N(c1cccc(Cl)c1)c1nc(COC(=O)c2ccc(NC(=O)c3cc(F)cc(F)c3)cc2O)cs1. The van der Waals surface area contributed by atoms with Crippen LogP contribution in [0.25, 0.3) is 0 Å². The second kappa shape index (κ2) is 11.4. The van der Waals surface area contributed by atoms with E-state index in [0.717, 1.165) is 18.2 Å². The van der Waals surface area contributed by atoms with E-state index in [1.54, 1.807) is 29.6 Å². The van der Waals surface area contributed by atoms with Crippen molar-refractivity contribution in [1.29, 1.82) is 0 Å². The summed E-state index contributed by atoms with van der Waals surface area (Å²) < 4.78 is 32.0. The van der Waals surface area contributed by atoms with Gasteiger partial charge in [-0.1, -0.05) is 17.7 Å². The Morgan fingerprint density at radius 3 is 2.47 bits per heavy atom. The fourth-order valence-corrected chi connectivity index (χ4v) is 4.45. The highest BCUT2D eigenvalue weighted by Crippen LogP contribution is 2.31. The molecule has 0 fully saturated rings. The second-order valence-corrected chi connectivity index (χ2v) is 9.15. The minimum atomic E-state index is -0.915. The van der Waals surface area contributed by atoms with E-state index in [1.807, 2.05) is 0 Å². The van der Waals surface area contributed by atoms with E-state index in [9.17, 15) is 28.3 Å². The Morgan fingerprint density at radius 2 is 1.82 bits per heavy atom. The van der Waals surface area contributed by atoms with Gasteiger partial charge in [0.25, 0.3) is 5.91 Å². The molecule has 0 aliphatic carbocycles. The van der Waals surface area contributed by atoms with Crippen LogP contribution in [0.5, 0.6) is 5.75 Å². The number of ether oxygens (including phenoxy) is 1. The van der Waals surface area contributed by atoms with Crippen molar-refractivity contribution in [2.45, 2.75) is 13.5 Å². The van der Waals surface area contributed by atoms with E-state index in [1.165, 1.54) is 35.3 Å². The molecule has 8 nitrogen and oxygen atoms in total. The number of hydrogen-bond acceptors (Lipinski definition) is 7. The number of nitrogens with zero attached hydrogens (tertiary/aromatic N) is 2. The molecule has 3 aromatic carbocycles. The van der Waals surface area contributed by atoms with Gasteiger partial charge in [-0.3, -0.25) is 14.5 Å². The predicted octanol–water partition coefficient (Wildman–Crippen LogP) is 6.07. The second-order valence-electron chi connectivity index (χ2n) is 7.88. The smallest absolute Gasteiger partial charge is 0.342 e. The molecule has 12 heteroatoms. The molecule has 0 aliphatic heterocycles. The molecule has 4 rings (SSSR count). The fourth-order valence-electron chi connectivity index (χ4n) is 3.39. The van der Waals surface area contributed by atoms with Gasteiger partial charge in [-0.05, 0) is 42.5 Å². The lowest BCUT2D eigenvalue weighted by molar-refractivity contribution is -0.115. The van der Waals surface area contributed by atoms with Crippen LogP contribution in [0.3, 0.4) is 0 Å². The Morgan fingerprint density at radius 1 is 1.08 bits per heavy atom. The van der Waals surface area contributed by atoms with Crippen LogP contribution in [0, 0.1) is 11.6 Å². The fraction of sp³-hybridized carbons (Fsp3) is 0.0769. The molecular weight excluding hydrogens is 540 g/mol. The van der Waals surface area contributed by atoms with E-state index in [0.29, 0.717) is 27.6 Å². The molecule has 0 unspecified atom stereocenters. The van der Waals surface area contributed by atoms with Crippen molar-refractivity contribution < 1.29 is 33.0 Å². The van der Waals surface area contributed by atoms with Gasteiger partial charge in [0, 0.05) is 40.7 Å². The molecule has 0 spiro atoms. The first-order chi connectivity index (χ1) is 18.1. The molecular formula is C26H18ClF2N3O5S. The molecule has 194 valence electrons.